The summed E-state index contributed by atoms with van der Waals surface area (Å²) in [6, 6.07) is 10.2. The van der Waals surface area contributed by atoms with Gasteiger partial charge in [-0.2, -0.15) is 0 Å². The van der Waals surface area contributed by atoms with Gasteiger partial charge in [0.15, 0.2) is 0 Å². The Morgan fingerprint density at radius 2 is 1.52 bits per heavy atom. The number of amides is 1. The van der Waals surface area contributed by atoms with Crippen LogP contribution in [0.15, 0.2) is 47.4 Å². The van der Waals surface area contributed by atoms with E-state index in [0.717, 1.165) is 11.6 Å². The summed E-state index contributed by atoms with van der Waals surface area (Å²) in [5.41, 5.74) is 1.04. The number of carbonyl (C=O) groups is 1. The number of nitrogens with one attached hydrogen (secondary N) is 2. The van der Waals surface area contributed by atoms with Crippen molar-refractivity contribution in [3.8, 4) is 11.5 Å². The summed E-state index contributed by atoms with van der Waals surface area (Å²) in [6.45, 7) is 6.19. The molecule has 0 bridgehead atoms. The molecule has 0 atom stereocenters. The number of rotatable bonds is 6. The van der Waals surface area contributed by atoms with Gasteiger partial charge in [-0.1, -0.05) is 32.9 Å². The third-order valence-corrected chi connectivity index (χ3v) is 5.37. The van der Waals surface area contributed by atoms with Crippen molar-refractivity contribution in [3.05, 3.63) is 53.6 Å². The van der Waals surface area contributed by atoms with Crippen molar-refractivity contribution in [1.29, 1.82) is 0 Å². The van der Waals surface area contributed by atoms with Gasteiger partial charge < -0.3 is 15.5 Å². The van der Waals surface area contributed by atoms with Crippen molar-refractivity contribution >= 4 is 15.9 Å². The van der Waals surface area contributed by atoms with Gasteiger partial charge in [0.25, 0.3) is 5.91 Å². The first-order chi connectivity index (χ1) is 12.5. The molecule has 0 unspecified atom stereocenters. The van der Waals surface area contributed by atoms with Gasteiger partial charge in [-0.3, -0.25) is 4.79 Å². The molecular formula is C19H24N2O5S. The topological polar surface area (TPSA) is 116 Å². The highest BCUT2D eigenvalue weighted by atomic mass is 32.2. The summed E-state index contributed by atoms with van der Waals surface area (Å²) < 4.78 is 27.0. The molecule has 0 fully saturated rings. The average molecular weight is 392 g/mol. The number of aromatic hydroxyl groups is 2. The Hall–Kier alpha value is -2.58. The molecule has 2 aromatic rings. The molecule has 0 aliphatic rings. The first kappa shape index (κ1) is 20.7. The molecule has 4 N–H and O–H groups in total. The van der Waals surface area contributed by atoms with E-state index in [0.29, 0.717) is 0 Å². The van der Waals surface area contributed by atoms with Crippen LogP contribution in [0.25, 0.3) is 0 Å². The molecule has 0 aliphatic carbocycles. The lowest BCUT2D eigenvalue weighted by Crippen LogP contribution is -2.34. The van der Waals surface area contributed by atoms with Crippen molar-refractivity contribution < 1.29 is 23.4 Å². The minimum absolute atomic E-state index is 0.000106. The van der Waals surface area contributed by atoms with Gasteiger partial charge in [-0.15, -0.1) is 0 Å². The number of hydrogen-bond donors (Lipinski definition) is 4. The molecule has 0 heterocycles. The monoisotopic (exact) mass is 392 g/mol. The zero-order valence-corrected chi connectivity index (χ0v) is 16.3. The molecule has 7 nitrogen and oxygen atoms in total. The summed E-state index contributed by atoms with van der Waals surface area (Å²) in [5.74, 6) is -1.01. The zero-order chi connectivity index (χ0) is 20.2. The maximum atomic E-state index is 12.3. The average Bonchev–Trinajstić information content (AvgIpc) is 2.57. The SMILES string of the molecule is CC(C)(C)c1ccc(S(=O)(=O)NCCNC(=O)c2cc(O)cc(O)c2)cc1. The standard InChI is InChI=1S/C19H24N2O5S/c1-19(2,3)14-4-6-17(7-5-14)27(25,26)21-9-8-20-18(24)13-10-15(22)12-16(23)11-13/h4-7,10-12,21-23H,8-9H2,1-3H3,(H,20,24). The molecule has 0 saturated heterocycles. The third kappa shape index (κ3) is 5.70. The Morgan fingerprint density at radius 3 is 2.04 bits per heavy atom. The maximum Gasteiger partial charge on any atom is 0.251 e. The Labute approximate surface area is 159 Å². The number of hydrogen-bond acceptors (Lipinski definition) is 5. The van der Waals surface area contributed by atoms with Gasteiger partial charge in [0.2, 0.25) is 10.0 Å². The highest BCUT2D eigenvalue weighted by Gasteiger charge is 2.17. The lowest BCUT2D eigenvalue weighted by molar-refractivity contribution is 0.0953. The van der Waals surface area contributed by atoms with Gasteiger partial charge in [0.05, 0.1) is 4.90 Å². The lowest BCUT2D eigenvalue weighted by atomic mass is 9.87. The minimum Gasteiger partial charge on any atom is -0.508 e. The van der Waals surface area contributed by atoms with E-state index in [1.54, 1.807) is 24.3 Å². The van der Waals surface area contributed by atoms with Crippen LogP contribution < -0.4 is 10.0 Å². The molecule has 0 spiro atoms. The second kappa shape index (κ2) is 7.98. The Bertz CT molecular complexity index is 896. The van der Waals surface area contributed by atoms with Gasteiger partial charge in [0.1, 0.15) is 11.5 Å². The molecule has 8 heteroatoms. The van der Waals surface area contributed by atoms with Crippen LogP contribution >= 0.6 is 0 Å². The quantitative estimate of drug-likeness (QED) is 0.562. The van der Waals surface area contributed by atoms with Crippen LogP contribution in [0.5, 0.6) is 11.5 Å². The van der Waals surface area contributed by atoms with E-state index in [1.807, 2.05) is 20.8 Å². The lowest BCUT2D eigenvalue weighted by Gasteiger charge is -2.19. The van der Waals surface area contributed by atoms with E-state index >= 15 is 0 Å². The fraction of sp³-hybridized carbons (Fsp3) is 0.316. The maximum absolute atomic E-state index is 12.3. The summed E-state index contributed by atoms with van der Waals surface area (Å²) in [4.78, 5) is 12.1. The normalized spacial score (nSPS) is 12.0. The van der Waals surface area contributed by atoms with Crippen molar-refractivity contribution in [3.63, 3.8) is 0 Å². The van der Waals surface area contributed by atoms with Gasteiger partial charge in [0, 0.05) is 24.7 Å². The van der Waals surface area contributed by atoms with Crippen molar-refractivity contribution in [2.75, 3.05) is 13.1 Å². The molecule has 0 saturated carbocycles. The predicted molar refractivity (Wildman–Crippen MR) is 102 cm³/mol. The highest BCUT2D eigenvalue weighted by Crippen LogP contribution is 2.23. The van der Waals surface area contributed by atoms with Crippen LogP contribution in [-0.4, -0.2) is 37.6 Å². The largest absolute Gasteiger partial charge is 0.508 e. The third-order valence-electron chi connectivity index (χ3n) is 3.90. The van der Waals surface area contributed by atoms with E-state index in [4.69, 9.17) is 0 Å². The van der Waals surface area contributed by atoms with Gasteiger partial charge in [-0.25, -0.2) is 13.1 Å². The number of phenols is 2. The summed E-state index contributed by atoms with van der Waals surface area (Å²) in [7, 11) is -3.68. The molecule has 0 aromatic heterocycles. The van der Waals surface area contributed by atoms with Gasteiger partial charge in [-0.05, 0) is 35.2 Å². The van der Waals surface area contributed by atoms with Crippen LogP contribution in [0.3, 0.4) is 0 Å². The number of sulfonamides is 1. The molecular weight excluding hydrogens is 368 g/mol. The van der Waals surface area contributed by atoms with Crippen LogP contribution in [0.2, 0.25) is 0 Å². The zero-order valence-electron chi connectivity index (χ0n) is 15.5. The van der Waals surface area contributed by atoms with Gasteiger partial charge >= 0.3 is 0 Å². The minimum atomic E-state index is -3.68. The molecule has 146 valence electrons. The Morgan fingerprint density at radius 1 is 0.963 bits per heavy atom. The molecule has 27 heavy (non-hydrogen) atoms. The first-order valence-corrected chi connectivity index (χ1v) is 9.89. The molecule has 2 aromatic carbocycles. The Balaban J connectivity index is 1.91. The van der Waals surface area contributed by atoms with Crippen LogP contribution in [-0.2, 0) is 15.4 Å². The second-order valence-corrected chi connectivity index (χ2v) is 8.93. The molecule has 0 aliphatic heterocycles. The van der Waals surface area contributed by atoms with Crippen molar-refractivity contribution in [2.45, 2.75) is 31.1 Å². The summed E-state index contributed by atoms with van der Waals surface area (Å²) >= 11 is 0. The van der Waals surface area contributed by atoms with E-state index in [-0.39, 0.29) is 40.5 Å². The fourth-order valence-corrected chi connectivity index (χ4v) is 3.44. The predicted octanol–water partition coefficient (Wildman–Crippen LogP) is 2.10. The Kier molecular flexibility index (Phi) is 6.12. The fourth-order valence-electron chi connectivity index (χ4n) is 2.41. The highest BCUT2D eigenvalue weighted by molar-refractivity contribution is 7.89. The van der Waals surface area contributed by atoms with Crippen LogP contribution in [0.1, 0.15) is 36.7 Å². The number of phenolic OH excluding ortho intramolecular Hbond substituents is 2. The molecule has 1 amide bonds. The molecule has 0 radical (unpaired) electrons. The number of benzene rings is 2. The van der Waals surface area contributed by atoms with E-state index < -0.39 is 15.9 Å². The van der Waals surface area contributed by atoms with E-state index in [9.17, 15) is 23.4 Å². The van der Waals surface area contributed by atoms with Crippen molar-refractivity contribution in [1.82, 2.24) is 10.0 Å². The van der Waals surface area contributed by atoms with Crippen LogP contribution in [0.4, 0.5) is 0 Å². The smallest absolute Gasteiger partial charge is 0.251 e. The first-order valence-electron chi connectivity index (χ1n) is 8.40. The van der Waals surface area contributed by atoms with E-state index in [2.05, 4.69) is 10.0 Å². The van der Waals surface area contributed by atoms with Crippen LogP contribution in [0, 0.1) is 0 Å². The summed E-state index contributed by atoms with van der Waals surface area (Å²) in [6.07, 6.45) is 0. The number of carbonyl (C=O) groups excluding carboxylic acids is 1. The summed E-state index contributed by atoms with van der Waals surface area (Å²) in [5, 5.41) is 21.3. The second-order valence-electron chi connectivity index (χ2n) is 7.17. The van der Waals surface area contributed by atoms with Crippen molar-refractivity contribution in [2.24, 2.45) is 0 Å². The molecule has 2 rings (SSSR count). The van der Waals surface area contributed by atoms with E-state index in [1.165, 1.54) is 12.1 Å².